The maximum absolute atomic E-state index is 13.2. The molecular weight excluding hydrogens is 548 g/mol. The molecule has 2 atom stereocenters. The van der Waals surface area contributed by atoms with Gasteiger partial charge in [0.15, 0.2) is 11.5 Å². The number of hydrogen-bond donors (Lipinski definition) is 1. The number of carbonyl (C=O) groups is 4. The number of ketones is 1. The van der Waals surface area contributed by atoms with Crippen LogP contribution in [0.4, 0.5) is 0 Å². The van der Waals surface area contributed by atoms with Crippen molar-refractivity contribution in [3.05, 3.63) is 0 Å². The van der Waals surface area contributed by atoms with Gasteiger partial charge >= 0.3 is 17.9 Å². The monoisotopic (exact) mass is 612 g/mol. The van der Waals surface area contributed by atoms with Crippen molar-refractivity contribution < 1.29 is 38.5 Å². The number of carbonyl (C=O) groups excluding carboxylic acids is 4. The van der Waals surface area contributed by atoms with Gasteiger partial charge in [-0.3, -0.25) is 14.4 Å². The van der Waals surface area contributed by atoms with E-state index in [0.29, 0.717) is 19.3 Å². The topological polar surface area (TPSA) is 116 Å². The summed E-state index contributed by atoms with van der Waals surface area (Å²) in [6.07, 6.45) is 20.7. The highest BCUT2D eigenvalue weighted by Gasteiger charge is 2.54. The Balaban J connectivity index is 5.15. The largest absolute Gasteiger partial charge is 0.466 e. The zero-order chi connectivity index (χ0) is 32.2. The van der Waals surface area contributed by atoms with E-state index in [1.165, 1.54) is 44.9 Å². The smallest absolute Gasteiger partial charge is 0.340 e. The highest BCUT2D eigenvalue weighted by Crippen LogP contribution is 2.28. The molecule has 0 aliphatic rings. The van der Waals surface area contributed by atoms with E-state index in [9.17, 15) is 24.3 Å². The van der Waals surface area contributed by atoms with E-state index in [1.54, 1.807) is 0 Å². The molecule has 0 rings (SSSR count). The maximum Gasteiger partial charge on any atom is 0.340 e. The van der Waals surface area contributed by atoms with Crippen LogP contribution in [0.3, 0.4) is 0 Å². The fraction of sp³-hybridized carbons (Fsp3) is 0.886. The van der Waals surface area contributed by atoms with Gasteiger partial charge in [0.25, 0.3) is 0 Å². The summed E-state index contributed by atoms with van der Waals surface area (Å²) in [5.74, 6) is -5.68. The molecule has 8 nitrogen and oxygen atoms in total. The van der Waals surface area contributed by atoms with Crippen molar-refractivity contribution in [3.8, 4) is 0 Å². The predicted octanol–water partition coefficient (Wildman–Crippen LogP) is 8.19. The second-order valence-electron chi connectivity index (χ2n) is 12.0. The number of esters is 3. The Morgan fingerprint density at radius 2 is 0.884 bits per heavy atom. The van der Waals surface area contributed by atoms with E-state index in [0.717, 1.165) is 77.6 Å². The van der Waals surface area contributed by atoms with E-state index in [1.807, 2.05) is 0 Å². The Kier molecular flexibility index (Phi) is 26.3. The first-order valence-corrected chi connectivity index (χ1v) is 17.5. The zero-order valence-electron chi connectivity index (χ0n) is 28.1. The lowest BCUT2D eigenvalue weighted by Crippen LogP contribution is -2.55. The van der Waals surface area contributed by atoms with Crippen LogP contribution in [-0.4, -0.2) is 54.2 Å². The molecule has 0 aromatic carbocycles. The molecule has 43 heavy (non-hydrogen) atoms. The van der Waals surface area contributed by atoms with Gasteiger partial charge < -0.3 is 19.3 Å². The van der Waals surface area contributed by atoms with Crippen LogP contribution in [0.15, 0.2) is 0 Å². The molecule has 0 bridgehead atoms. The van der Waals surface area contributed by atoms with Crippen LogP contribution in [0.25, 0.3) is 0 Å². The van der Waals surface area contributed by atoms with Crippen LogP contribution in [0.5, 0.6) is 0 Å². The number of aliphatic hydroxyl groups is 1. The Hall–Kier alpha value is -1.96. The fourth-order valence-electron chi connectivity index (χ4n) is 5.17. The molecule has 0 saturated carbocycles. The number of Topliss-reactive ketones (excluding diaryl/α,β-unsaturated/α-hetero) is 1. The minimum absolute atomic E-state index is 0.0275. The summed E-state index contributed by atoms with van der Waals surface area (Å²) >= 11 is 0. The van der Waals surface area contributed by atoms with Crippen molar-refractivity contribution in [1.29, 1.82) is 0 Å². The van der Waals surface area contributed by atoms with Gasteiger partial charge in [0.1, 0.15) is 5.78 Å². The third kappa shape index (κ3) is 20.6. The molecule has 0 aromatic heterocycles. The van der Waals surface area contributed by atoms with Gasteiger partial charge in [-0.05, 0) is 26.2 Å². The molecule has 0 amide bonds. The maximum atomic E-state index is 13.2. The molecule has 0 radical (unpaired) electrons. The minimum Gasteiger partial charge on any atom is -0.466 e. The van der Waals surface area contributed by atoms with Crippen LogP contribution in [-0.2, 0) is 33.4 Å². The quantitative estimate of drug-likeness (QED) is 0.0373. The summed E-state index contributed by atoms with van der Waals surface area (Å²) in [6, 6.07) is 0. The molecule has 0 aromatic rings. The van der Waals surface area contributed by atoms with Crippen molar-refractivity contribution in [3.63, 3.8) is 0 Å². The Bertz CT molecular complexity index is 737. The van der Waals surface area contributed by atoms with Crippen molar-refractivity contribution >= 4 is 23.7 Å². The minimum atomic E-state index is -2.69. The molecule has 0 aliphatic heterocycles. The first-order valence-electron chi connectivity index (χ1n) is 17.5. The average Bonchev–Trinajstić information content (AvgIpc) is 2.96. The van der Waals surface area contributed by atoms with Gasteiger partial charge in [-0.2, -0.15) is 0 Å². The first kappa shape index (κ1) is 41.0. The molecule has 252 valence electrons. The normalized spacial score (nSPS) is 13.2. The highest BCUT2D eigenvalue weighted by atomic mass is 16.6. The number of hydrogen-bond acceptors (Lipinski definition) is 8. The first-order chi connectivity index (χ1) is 20.7. The van der Waals surface area contributed by atoms with Gasteiger partial charge in [-0.1, -0.05) is 136 Å². The molecule has 2 unspecified atom stereocenters. The third-order valence-corrected chi connectivity index (χ3v) is 7.87. The van der Waals surface area contributed by atoms with Gasteiger partial charge in [-0.25, -0.2) is 4.79 Å². The summed E-state index contributed by atoms with van der Waals surface area (Å²) in [7, 11) is 0. The SMILES string of the molecule is CCCCCCCCCOC(=O)CC(O)(C(=O)OCCCCCCCCC)C(C(C)=O)C(=O)OCCCCCCCCC. The number of ether oxygens (including phenoxy) is 3. The van der Waals surface area contributed by atoms with Crippen LogP contribution in [0, 0.1) is 5.92 Å². The molecule has 0 heterocycles. The van der Waals surface area contributed by atoms with Gasteiger partial charge in [-0.15, -0.1) is 0 Å². The summed E-state index contributed by atoms with van der Waals surface area (Å²) in [5.41, 5.74) is -2.69. The number of rotatable bonds is 30. The van der Waals surface area contributed by atoms with Crippen molar-refractivity contribution in [2.75, 3.05) is 19.8 Å². The third-order valence-electron chi connectivity index (χ3n) is 7.87. The summed E-state index contributed by atoms with van der Waals surface area (Å²) in [5, 5.41) is 11.5. The lowest BCUT2D eigenvalue weighted by atomic mass is 9.81. The molecule has 0 fully saturated rings. The lowest BCUT2D eigenvalue weighted by molar-refractivity contribution is -0.187. The molecule has 0 aliphatic carbocycles. The van der Waals surface area contributed by atoms with Gasteiger partial charge in [0.2, 0.25) is 0 Å². The fourth-order valence-corrected chi connectivity index (χ4v) is 5.17. The zero-order valence-corrected chi connectivity index (χ0v) is 28.1. The Morgan fingerprint density at radius 1 is 0.535 bits per heavy atom. The molecule has 8 heteroatoms. The van der Waals surface area contributed by atoms with E-state index in [-0.39, 0.29) is 19.8 Å². The van der Waals surface area contributed by atoms with Crippen molar-refractivity contribution in [1.82, 2.24) is 0 Å². The summed E-state index contributed by atoms with van der Waals surface area (Å²) < 4.78 is 16.0. The van der Waals surface area contributed by atoms with Gasteiger partial charge in [0, 0.05) is 0 Å². The van der Waals surface area contributed by atoms with E-state index >= 15 is 0 Å². The van der Waals surface area contributed by atoms with Crippen molar-refractivity contribution in [2.24, 2.45) is 5.92 Å². The second-order valence-corrected chi connectivity index (χ2v) is 12.0. The van der Waals surface area contributed by atoms with Crippen LogP contribution >= 0.6 is 0 Å². The van der Waals surface area contributed by atoms with Crippen LogP contribution in [0.2, 0.25) is 0 Å². The Labute approximate surface area is 262 Å². The molecule has 0 saturated heterocycles. The molecule has 1 N–H and O–H groups in total. The summed E-state index contributed by atoms with van der Waals surface area (Å²) in [6.45, 7) is 7.83. The average molecular weight is 613 g/mol. The van der Waals surface area contributed by atoms with Gasteiger partial charge in [0.05, 0.1) is 26.2 Å². The standard InChI is InChI=1S/C35H64O8/c1-5-8-11-14-17-20-23-26-41-31(37)29-35(40,34(39)43-28-25-22-19-16-13-10-7-3)32(30(4)36)33(38)42-27-24-21-18-15-12-9-6-2/h32,40H,5-29H2,1-4H3. The lowest BCUT2D eigenvalue weighted by Gasteiger charge is -2.30. The molecule has 0 spiro atoms. The van der Waals surface area contributed by atoms with E-state index in [2.05, 4.69) is 20.8 Å². The van der Waals surface area contributed by atoms with E-state index < -0.39 is 41.6 Å². The van der Waals surface area contributed by atoms with E-state index in [4.69, 9.17) is 14.2 Å². The van der Waals surface area contributed by atoms with Crippen LogP contribution < -0.4 is 0 Å². The van der Waals surface area contributed by atoms with Crippen molar-refractivity contribution in [2.45, 2.75) is 175 Å². The van der Waals surface area contributed by atoms with Crippen LogP contribution in [0.1, 0.15) is 169 Å². The molecular formula is C35H64O8. The predicted molar refractivity (Wildman–Crippen MR) is 171 cm³/mol. The Morgan fingerprint density at radius 3 is 1.28 bits per heavy atom. The second kappa shape index (κ2) is 27.6. The summed E-state index contributed by atoms with van der Waals surface area (Å²) in [4.78, 5) is 51.6. The number of unbranched alkanes of at least 4 members (excludes halogenated alkanes) is 18. The highest BCUT2D eigenvalue weighted by molar-refractivity contribution is 6.05.